The minimum absolute atomic E-state index is 0.0808. The zero-order valence-corrected chi connectivity index (χ0v) is 21.4. The van der Waals surface area contributed by atoms with Crippen LogP contribution in [0.1, 0.15) is 22.7 Å². The van der Waals surface area contributed by atoms with Crippen molar-refractivity contribution in [1.29, 1.82) is 0 Å². The number of amides is 2. The van der Waals surface area contributed by atoms with Crippen LogP contribution < -0.4 is 19.5 Å². The molecule has 0 spiro atoms. The molecule has 0 aliphatic carbocycles. The molecular formula is C26H22BrF3N2O5. The van der Waals surface area contributed by atoms with E-state index in [1.165, 1.54) is 31.3 Å². The Bertz CT molecular complexity index is 1310. The zero-order chi connectivity index (χ0) is 26.7. The molecule has 1 unspecified atom stereocenters. The third-order valence-electron chi connectivity index (χ3n) is 5.81. The smallest absolute Gasteiger partial charge is 0.419 e. The molecule has 0 fully saturated rings. The summed E-state index contributed by atoms with van der Waals surface area (Å²) >= 11 is 3.32. The lowest BCUT2D eigenvalue weighted by molar-refractivity contribution is -0.141. The predicted octanol–water partition coefficient (Wildman–Crippen LogP) is 5.59. The first-order valence-corrected chi connectivity index (χ1v) is 11.8. The van der Waals surface area contributed by atoms with Gasteiger partial charge in [-0.3, -0.25) is 9.59 Å². The van der Waals surface area contributed by atoms with Crippen LogP contribution in [-0.4, -0.2) is 37.5 Å². The average Bonchev–Trinajstić information content (AvgIpc) is 3.01. The van der Waals surface area contributed by atoms with Crippen LogP contribution in [0.2, 0.25) is 0 Å². The average molecular weight is 579 g/mol. The van der Waals surface area contributed by atoms with Crippen LogP contribution >= 0.6 is 15.9 Å². The number of rotatable bonds is 6. The van der Waals surface area contributed by atoms with Crippen molar-refractivity contribution in [3.63, 3.8) is 0 Å². The van der Waals surface area contributed by atoms with Crippen molar-refractivity contribution >= 4 is 33.4 Å². The van der Waals surface area contributed by atoms with Gasteiger partial charge in [-0.25, -0.2) is 0 Å². The Morgan fingerprint density at radius 2 is 1.84 bits per heavy atom. The molecule has 3 aromatic rings. The number of benzene rings is 3. The summed E-state index contributed by atoms with van der Waals surface area (Å²) in [6.45, 7) is -0.815. The van der Waals surface area contributed by atoms with Crippen molar-refractivity contribution in [3.8, 4) is 17.2 Å². The number of carbonyl (C=O) groups excluding carboxylic acids is 2. The van der Waals surface area contributed by atoms with Gasteiger partial charge >= 0.3 is 6.18 Å². The van der Waals surface area contributed by atoms with Gasteiger partial charge in [-0.05, 0) is 42.5 Å². The zero-order valence-electron chi connectivity index (χ0n) is 19.8. The minimum Gasteiger partial charge on any atom is -0.497 e. The second-order valence-corrected chi connectivity index (χ2v) is 9.02. The number of carbonyl (C=O) groups is 2. The van der Waals surface area contributed by atoms with E-state index >= 15 is 0 Å². The molecule has 194 valence electrons. The van der Waals surface area contributed by atoms with Gasteiger partial charge in [0.05, 0.1) is 26.3 Å². The van der Waals surface area contributed by atoms with E-state index in [0.29, 0.717) is 22.7 Å². The maximum absolute atomic E-state index is 13.8. The second kappa shape index (κ2) is 10.7. The highest BCUT2D eigenvalue weighted by Gasteiger charge is 2.42. The van der Waals surface area contributed by atoms with Gasteiger partial charge in [-0.2, -0.15) is 13.2 Å². The van der Waals surface area contributed by atoms with Crippen LogP contribution in [0.25, 0.3) is 0 Å². The first-order valence-electron chi connectivity index (χ1n) is 11.0. The van der Waals surface area contributed by atoms with Gasteiger partial charge in [0.15, 0.2) is 6.61 Å². The molecule has 1 aliphatic rings. The van der Waals surface area contributed by atoms with Crippen molar-refractivity contribution in [1.82, 2.24) is 4.90 Å². The molecule has 0 aromatic heterocycles. The first-order chi connectivity index (χ1) is 17.6. The van der Waals surface area contributed by atoms with Gasteiger partial charge in [-0.1, -0.05) is 28.1 Å². The van der Waals surface area contributed by atoms with E-state index in [2.05, 4.69) is 21.2 Å². The number of hydrogen-bond donors (Lipinski definition) is 1. The van der Waals surface area contributed by atoms with Crippen molar-refractivity contribution in [2.24, 2.45) is 0 Å². The number of halogens is 4. The molecule has 0 saturated carbocycles. The third-order valence-corrected chi connectivity index (χ3v) is 6.34. The molecule has 37 heavy (non-hydrogen) atoms. The Kier molecular flexibility index (Phi) is 7.63. The Morgan fingerprint density at radius 1 is 1.11 bits per heavy atom. The number of ether oxygens (including phenoxy) is 3. The Balaban J connectivity index is 1.82. The van der Waals surface area contributed by atoms with E-state index in [4.69, 9.17) is 14.2 Å². The topological polar surface area (TPSA) is 77.1 Å². The highest BCUT2D eigenvalue weighted by Crippen LogP contribution is 2.43. The molecule has 1 N–H and O–H groups in total. The van der Waals surface area contributed by atoms with Gasteiger partial charge in [0.1, 0.15) is 23.3 Å². The fraction of sp³-hybridized carbons (Fsp3) is 0.231. The largest absolute Gasteiger partial charge is 0.497 e. The monoisotopic (exact) mass is 578 g/mol. The summed E-state index contributed by atoms with van der Waals surface area (Å²) in [4.78, 5) is 28.1. The van der Waals surface area contributed by atoms with Crippen molar-refractivity contribution in [3.05, 3.63) is 81.8 Å². The van der Waals surface area contributed by atoms with Gasteiger partial charge < -0.3 is 24.4 Å². The fourth-order valence-electron chi connectivity index (χ4n) is 4.06. The lowest BCUT2D eigenvalue weighted by atomic mass is 9.99. The second-order valence-electron chi connectivity index (χ2n) is 8.11. The summed E-state index contributed by atoms with van der Waals surface area (Å²) in [5.41, 5.74) is -0.222. The molecule has 1 aliphatic heterocycles. The van der Waals surface area contributed by atoms with E-state index in [1.807, 2.05) is 0 Å². The van der Waals surface area contributed by atoms with Gasteiger partial charge in [0.25, 0.3) is 11.8 Å². The van der Waals surface area contributed by atoms with E-state index in [-0.39, 0.29) is 12.1 Å². The maximum Gasteiger partial charge on any atom is 0.419 e. The molecule has 11 heteroatoms. The maximum atomic E-state index is 13.8. The molecular weight excluding hydrogens is 557 g/mol. The number of methoxy groups -OCH3 is 2. The predicted molar refractivity (Wildman–Crippen MR) is 133 cm³/mol. The van der Waals surface area contributed by atoms with E-state index in [1.54, 1.807) is 42.5 Å². The molecule has 0 saturated heterocycles. The van der Waals surface area contributed by atoms with Gasteiger partial charge in [0, 0.05) is 27.4 Å². The minimum atomic E-state index is -4.75. The summed E-state index contributed by atoms with van der Waals surface area (Å²) in [6.07, 6.45) is -4.75. The summed E-state index contributed by atoms with van der Waals surface area (Å²) in [5.74, 6) is -1.03. The number of hydrogen-bond acceptors (Lipinski definition) is 5. The van der Waals surface area contributed by atoms with E-state index < -0.39 is 42.0 Å². The molecule has 1 heterocycles. The number of para-hydroxylation sites is 1. The van der Waals surface area contributed by atoms with Gasteiger partial charge in [0.2, 0.25) is 0 Å². The third kappa shape index (κ3) is 5.66. The number of anilines is 1. The Morgan fingerprint density at radius 3 is 2.49 bits per heavy atom. The molecule has 2 amide bonds. The van der Waals surface area contributed by atoms with Crippen LogP contribution in [0.4, 0.5) is 18.9 Å². The van der Waals surface area contributed by atoms with Crippen molar-refractivity contribution in [2.75, 3.05) is 26.1 Å². The Labute approximate surface area is 219 Å². The number of nitrogens with zero attached hydrogens (tertiary/aromatic N) is 1. The van der Waals surface area contributed by atoms with Crippen LogP contribution in [-0.2, 0) is 22.3 Å². The molecule has 1 atom stereocenters. The fourth-order valence-corrected chi connectivity index (χ4v) is 4.32. The Hall–Kier alpha value is -3.73. The number of alkyl halides is 3. The van der Waals surface area contributed by atoms with Crippen LogP contribution in [0.5, 0.6) is 17.2 Å². The van der Waals surface area contributed by atoms with Crippen LogP contribution in [0.15, 0.2) is 65.1 Å². The first kappa shape index (κ1) is 26.3. The van der Waals surface area contributed by atoms with Crippen LogP contribution in [0.3, 0.4) is 0 Å². The molecule has 0 radical (unpaired) electrons. The quantitative estimate of drug-likeness (QED) is 0.413. The molecule has 7 nitrogen and oxygen atoms in total. The molecule has 4 rings (SSSR count). The highest BCUT2D eigenvalue weighted by molar-refractivity contribution is 9.10. The number of nitrogens with one attached hydrogen (secondary N) is 1. The van der Waals surface area contributed by atoms with Crippen LogP contribution in [0, 0.1) is 0 Å². The number of fused-ring (bicyclic) bond motifs is 1. The summed E-state index contributed by atoms with van der Waals surface area (Å²) in [7, 11) is 2.93. The standard InChI is InChI=1S/C26H22BrF3N2O5/c1-35-18-11-6-15(21(12-18)36-2)13-32-22(33)14-37-24-19(4-3-5-20(24)26(28,29)30)23(32)25(34)31-17-9-7-16(27)8-10-17/h3-12,23H,13-14H2,1-2H3,(H,31,34). The summed E-state index contributed by atoms with van der Waals surface area (Å²) in [5, 5.41) is 2.71. The van der Waals surface area contributed by atoms with Crippen molar-refractivity contribution in [2.45, 2.75) is 18.8 Å². The van der Waals surface area contributed by atoms with Crippen molar-refractivity contribution < 1.29 is 37.0 Å². The van der Waals surface area contributed by atoms with E-state index in [9.17, 15) is 22.8 Å². The summed E-state index contributed by atoms with van der Waals surface area (Å²) in [6, 6.07) is 13.6. The van der Waals surface area contributed by atoms with E-state index in [0.717, 1.165) is 10.5 Å². The molecule has 3 aromatic carbocycles. The lowest BCUT2D eigenvalue weighted by Gasteiger charge is -2.30. The SMILES string of the molecule is COc1ccc(CN2C(=O)COc3c(cccc3C(F)(F)F)C2C(=O)Nc2ccc(Br)cc2)c(OC)c1. The lowest BCUT2D eigenvalue weighted by Crippen LogP contribution is -2.41. The van der Waals surface area contributed by atoms with Gasteiger partial charge in [-0.15, -0.1) is 0 Å². The highest BCUT2D eigenvalue weighted by atomic mass is 79.9. The normalized spacial score (nSPS) is 15.4. The summed E-state index contributed by atoms with van der Waals surface area (Å²) < 4.78 is 58.3. The molecule has 0 bridgehead atoms.